The van der Waals surface area contributed by atoms with Crippen LogP contribution in [0.5, 0.6) is 0 Å². The van der Waals surface area contributed by atoms with Gasteiger partial charge < -0.3 is 5.32 Å². The Morgan fingerprint density at radius 3 is 2.60 bits per heavy atom. The van der Waals surface area contributed by atoms with Gasteiger partial charge in [-0.15, -0.1) is 12.4 Å². The average molecular weight is 368 g/mol. The van der Waals surface area contributed by atoms with Gasteiger partial charge in [-0.05, 0) is 46.7 Å². The molecular formula is C16H26ClN7O. The Morgan fingerprint density at radius 1 is 1.32 bits per heavy atom. The second kappa shape index (κ2) is 7.53. The number of carbonyl (C=O) groups excluding carboxylic acids is 1. The van der Waals surface area contributed by atoms with E-state index in [1.54, 1.807) is 28.8 Å². The maximum atomic E-state index is 12.4. The summed E-state index contributed by atoms with van der Waals surface area (Å²) in [6, 6.07) is 0. The molecule has 2 N–H and O–H groups in total. The summed E-state index contributed by atoms with van der Waals surface area (Å²) in [6.07, 6.45) is 5.37. The minimum absolute atomic E-state index is 0. The van der Waals surface area contributed by atoms with Gasteiger partial charge in [-0.1, -0.05) is 0 Å². The molecule has 138 valence electrons. The molecule has 1 aliphatic rings. The van der Waals surface area contributed by atoms with Gasteiger partial charge in [-0.3, -0.25) is 14.8 Å². The van der Waals surface area contributed by atoms with E-state index in [-0.39, 0.29) is 23.9 Å². The van der Waals surface area contributed by atoms with Crippen LogP contribution in [0.25, 0.3) is 0 Å². The third-order valence-corrected chi connectivity index (χ3v) is 4.24. The first-order valence-corrected chi connectivity index (χ1v) is 8.33. The molecule has 1 amide bonds. The second-order valence-corrected chi connectivity index (χ2v) is 7.24. The number of hydrogen-bond donors (Lipinski definition) is 2. The molecule has 0 aliphatic carbocycles. The van der Waals surface area contributed by atoms with Crippen molar-refractivity contribution in [3.63, 3.8) is 0 Å². The summed E-state index contributed by atoms with van der Waals surface area (Å²) in [6.45, 7) is 8.08. The zero-order valence-corrected chi connectivity index (χ0v) is 15.9. The standard InChI is InChI=1S/C16H25N7O.ClH/c1-16(2,3)23-10-12(9-18-23)14(24)20-15-19-13(21-22(15)4)11-5-7-17-8-6-11;/h9-11,17H,5-8H2,1-4H3,(H,19,20,21,24);1H. The predicted octanol–water partition coefficient (Wildman–Crippen LogP) is 1.91. The highest BCUT2D eigenvalue weighted by atomic mass is 35.5. The number of amides is 1. The number of piperidine rings is 1. The lowest BCUT2D eigenvalue weighted by Crippen LogP contribution is -2.27. The molecule has 3 heterocycles. The van der Waals surface area contributed by atoms with Crippen molar-refractivity contribution in [2.75, 3.05) is 18.4 Å². The number of anilines is 1. The molecule has 0 atom stereocenters. The van der Waals surface area contributed by atoms with E-state index in [9.17, 15) is 4.79 Å². The quantitative estimate of drug-likeness (QED) is 0.864. The van der Waals surface area contributed by atoms with Crippen molar-refractivity contribution in [3.8, 4) is 0 Å². The molecule has 0 saturated carbocycles. The fourth-order valence-corrected chi connectivity index (χ4v) is 2.75. The van der Waals surface area contributed by atoms with Crippen LogP contribution in [0.4, 0.5) is 5.95 Å². The highest BCUT2D eigenvalue weighted by Crippen LogP contribution is 2.23. The van der Waals surface area contributed by atoms with Crippen LogP contribution in [0.1, 0.15) is 55.7 Å². The summed E-state index contributed by atoms with van der Waals surface area (Å²) in [5.41, 5.74) is 0.349. The maximum Gasteiger partial charge on any atom is 0.261 e. The summed E-state index contributed by atoms with van der Waals surface area (Å²) in [7, 11) is 1.80. The maximum absolute atomic E-state index is 12.4. The molecule has 0 radical (unpaired) electrons. The first-order chi connectivity index (χ1) is 11.3. The SMILES string of the molecule is Cl.Cn1nc(C2CCNCC2)nc1NC(=O)c1cnn(C(C)(C)C)c1. The first-order valence-electron chi connectivity index (χ1n) is 8.33. The van der Waals surface area contributed by atoms with Gasteiger partial charge in [0.15, 0.2) is 5.82 Å². The predicted molar refractivity (Wildman–Crippen MR) is 98.3 cm³/mol. The van der Waals surface area contributed by atoms with Crippen molar-refractivity contribution < 1.29 is 4.79 Å². The number of nitrogens with one attached hydrogen (secondary N) is 2. The molecule has 0 aromatic carbocycles. The lowest BCUT2D eigenvalue weighted by molar-refractivity contribution is 0.102. The van der Waals surface area contributed by atoms with Crippen molar-refractivity contribution in [2.45, 2.75) is 45.1 Å². The van der Waals surface area contributed by atoms with Crippen LogP contribution in [0.2, 0.25) is 0 Å². The average Bonchev–Trinajstić information content (AvgIpc) is 3.16. The Labute approximate surface area is 153 Å². The fourth-order valence-electron chi connectivity index (χ4n) is 2.75. The molecular weight excluding hydrogens is 342 g/mol. The van der Waals surface area contributed by atoms with Crippen LogP contribution in [0.15, 0.2) is 12.4 Å². The Kier molecular flexibility index (Phi) is 5.84. The lowest BCUT2D eigenvalue weighted by Gasteiger charge is -2.19. The van der Waals surface area contributed by atoms with E-state index < -0.39 is 0 Å². The number of carbonyl (C=O) groups is 1. The topological polar surface area (TPSA) is 89.7 Å². The number of halogens is 1. The van der Waals surface area contributed by atoms with Crippen molar-refractivity contribution in [1.29, 1.82) is 0 Å². The molecule has 3 rings (SSSR count). The molecule has 0 unspecified atom stereocenters. The number of nitrogens with zero attached hydrogens (tertiary/aromatic N) is 5. The number of aromatic nitrogens is 5. The van der Waals surface area contributed by atoms with Crippen LogP contribution in [-0.4, -0.2) is 43.5 Å². The van der Waals surface area contributed by atoms with Crippen LogP contribution in [0.3, 0.4) is 0 Å². The summed E-state index contributed by atoms with van der Waals surface area (Å²) >= 11 is 0. The molecule has 1 saturated heterocycles. The van der Waals surface area contributed by atoms with Gasteiger partial charge >= 0.3 is 0 Å². The summed E-state index contributed by atoms with van der Waals surface area (Å²) in [5, 5.41) is 14.9. The number of aryl methyl sites for hydroxylation is 1. The van der Waals surface area contributed by atoms with Gasteiger partial charge in [0, 0.05) is 19.2 Å². The van der Waals surface area contributed by atoms with E-state index in [1.807, 2.05) is 20.8 Å². The van der Waals surface area contributed by atoms with Gasteiger partial charge in [0.05, 0.1) is 17.3 Å². The number of rotatable bonds is 3. The van der Waals surface area contributed by atoms with E-state index in [0.29, 0.717) is 17.4 Å². The first kappa shape index (κ1) is 19.4. The third-order valence-electron chi connectivity index (χ3n) is 4.24. The van der Waals surface area contributed by atoms with E-state index in [4.69, 9.17) is 0 Å². The van der Waals surface area contributed by atoms with E-state index in [2.05, 4.69) is 25.8 Å². The van der Waals surface area contributed by atoms with Gasteiger partial charge in [-0.2, -0.15) is 15.2 Å². The molecule has 1 aliphatic heterocycles. The fraction of sp³-hybridized carbons (Fsp3) is 0.625. The molecule has 8 nitrogen and oxygen atoms in total. The summed E-state index contributed by atoms with van der Waals surface area (Å²) in [5.74, 6) is 1.40. The van der Waals surface area contributed by atoms with Crippen molar-refractivity contribution in [2.24, 2.45) is 7.05 Å². The van der Waals surface area contributed by atoms with E-state index in [0.717, 1.165) is 31.8 Å². The van der Waals surface area contributed by atoms with Crippen LogP contribution in [-0.2, 0) is 12.6 Å². The highest BCUT2D eigenvalue weighted by Gasteiger charge is 2.22. The van der Waals surface area contributed by atoms with Gasteiger partial charge in [0.2, 0.25) is 5.95 Å². The van der Waals surface area contributed by atoms with Gasteiger partial charge in [-0.25, -0.2) is 4.68 Å². The van der Waals surface area contributed by atoms with Crippen LogP contribution < -0.4 is 10.6 Å². The van der Waals surface area contributed by atoms with E-state index >= 15 is 0 Å². The largest absolute Gasteiger partial charge is 0.317 e. The minimum atomic E-state index is -0.224. The third kappa shape index (κ3) is 4.38. The zero-order chi connectivity index (χ0) is 17.3. The van der Waals surface area contributed by atoms with Gasteiger partial charge in [0.25, 0.3) is 5.91 Å². The minimum Gasteiger partial charge on any atom is -0.317 e. The molecule has 1 fully saturated rings. The van der Waals surface area contributed by atoms with Crippen LogP contribution >= 0.6 is 12.4 Å². The number of hydrogen-bond acceptors (Lipinski definition) is 5. The Hall–Kier alpha value is -1.93. The van der Waals surface area contributed by atoms with Crippen molar-refractivity contribution >= 4 is 24.3 Å². The molecule has 2 aromatic heterocycles. The van der Waals surface area contributed by atoms with Crippen molar-refractivity contribution in [1.82, 2.24) is 29.9 Å². The lowest BCUT2D eigenvalue weighted by atomic mass is 9.98. The Balaban J connectivity index is 0.00000225. The zero-order valence-electron chi connectivity index (χ0n) is 15.1. The molecule has 0 bridgehead atoms. The van der Waals surface area contributed by atoms with E-state index in [1.165, 1.54) is 0 Å². The molecule has 0 spiro atoms. The van der Waals surface area contributed by atoms with Crippen molar-refractivity contribution in [3.05, 3.63) is 23.8 Å². The van der Waals surface area contributed by atoms with Crippen LogP contribution in [0, 0.1) is 0 Å². The normalized spacial score (nSPS) is 15.7. The summed E-state index contributed by atoms with van der Waals surface area (Å²) in [4.78, 5) is 17.0. The smallest absolute Gasteiger partial charge is 0.261 e. The molecule has 9 heteroatoms. The molecule has 25 heavy (non-hydrogen) atoms. The second-order valence-electron chi connectivity index (χ2n) is 7.24. The molecule has 2 aromatic rings. The summed E-state index contributed by atoms with van der Waals surface area (Å²) < 4.78 is 3.41. The highest BCUT2D eigenvalue weighted by molar-refractivity contribution is 6.03. The Bertz CT molecular complexity index is 725. The Morgan fingerprint density at radius 2 is 2.00 bits per heavy atom. The monoisotopic (exact) mass is 367 g/mol. The van der Waals surface area contributed by atoms with Gasteiger partial charge in [0.1, 0.15) is 0 Å².